The second-order valence-corrected chi connectivity index (χ2v) is 8.17. The standard InChI is InChI=1S/C25H32N6O4/c1-18(32)28-22-7-5-20(26)15-24(22)34-13-3-9-30-11-12-31(17-30)10-4-14-35-25-16-21(27)6-8-23(25)29-19(2)33/h5-8,11-12,15-17H,3-4,9-10,13-14,26-27H2,1-2H3,(H-,28,29,32,33)/p+1. The van der Waals surface area contributed by atoms with Crippen molar-refractivity contribution in [1.29, 1.82) is 0 Å². The Hall–Kier alpha value is -4.21. The van der Waals surface area contributed by atoms with Gasteiger partial charge in [0.1, 0.15) is 23.9 Å². The van der Waals surface area contributed by atoms with Gasteiger partial charge in [-0.3, -0.25) is 9.59 Å². The predicted octanol–water partition coefficient (Wildman–Crippen LogP) is 2.79. The number of hydrogen-bond acceptors (Lipinski definition) is 6. The molecule has 186 valence electrons. The van der Waals surface area contributed by atoms with Crippen molar-refractivity contribution in [2.24, 2.45) is 0 Å². The third-order valence-corrected chi connectivity index (χ3v) is 5.02. The zero-order chi connectivity index (χ0) is 25.2. The van der Waals surface area contributed by atoms with Crippen molar-refractivity contribution in [3.05, 3.63) is 55.1 Å². The van der Waals surface area contributed by atoms with Crippen LogP contribution in [0.5, 0.6) is 11.5 Å². The van der Waals surface area contributed by atoms with Gasteiger partial charge in [-0.05, 0) is 24.3 Å². The van der Waals surface area contributed by atoms with Gasteiger partial charge in [0.2, 0.25) is 18.1 Å². The van der Waals surface area contributed by atoms with E-state index in [0.717, 1.165) is 25.9 Å². The van der Waals surface area contributed by atoms with E-state index in [1.807, 2.05) is 18.7 Å². The van der Waals surface area contributed by atoms with E-state index in [1.165, 1.54) is 13.8 Å². The van der Waals surface area contributed by atoms with Gasteiger partial charge >= 0.3 is 0 Å². The molecule has 1 heterocycles. The van der Waals surface area contributed by atoms with Crippen LogP contribution in [0.1, 0.15) is 26.7 Å². The molecule has 6 N–H and O–H groups in total. The maximum Gasteiger partial charge on any atom is 0.243 e. The molecular weight excluding hydrogens is 448 g/mol. The maximum atomic E-state index is 11.4. The fourth-order valence-corrected chi connectivity index (χ4v) is 3.46. The molecule has 0 spiro atoms. The number of aryl methyl sites for hydroxylation is 2. The molecule has 0 fully saturated rings. The molecular formula is C25H33N6O4+. The van der Waals surface area contributed by atoms with Gasteiger partial charge in [0.15, 0.2) is 0 Å². The number of benzene rings is 2. The number of ether oxygens (including phenoxy) is 2. The Bertz CT molecular complexity index is 1070. The highest BCUT2D eigenvalue weighted by molar-refractivity contribution is 5.91. The van der Waals surface area contributed by atoms with E-state index in [4.69, 9.17) is 20.9 Å². The van der Waals surface area contributed by atoms with Crippen molar-refractivity contribution in [1.82, 2.24) is 4.57 Å². The van der Waals surface area contributed by atoms with Gasteiger partial charge in [-0.15, -0.1) is 0 Å². The molecule has 10 nitrogen and oxygen atoms in total. The quantitative estimate of drug-likeness (QED) is 0.178. The van der Waals surface area contributed by atoms with Crippen molar-refractivity contribution >= 4 is 34.6 Å². The van der Waals surface area contributed by atoms with Crippen LogP contribution in [0.3, 0.4) is 0 Å². The lowest BCUT2D eigenvalue weighted by Gasteiger charge is -2.12. The van der Waals surface area contributed by atoms with Gasteiger partial charge in [0.25, 0.3) is 0 Å². The molecule has 0 bridgehead atoms. The summed E-state index contributed by atoms with van der Waals surface area (Å²) in [5.41, 5.74) is 14.0. The van der Waals surface area contributed by atoms with Gasteiger partial charge in [-0.1, -0.05) is 0 Å². The minimum absolute atomic E-state index is 0.164. The van der Waals surface area contributed by atoms with Crippen molar-refractivity contribution in [2.45, 2.75) is 39.8 Å². The van der Waals surface area contributed by atoms with E-state index in [0.29, 0.717) is 47.5 Å². The van der Waals surface area contributed by atoms with Crippen LogP contribution in [-0.4, -0.2) is 29.6 Å². The van der Waals surface area contributed by atoms with Crippen LogP contribution >= 0.6 is 0 Å². The minimum Gasteiger partial charge on any atom is -0.491 e. The smallest absolute Gasteiger partial charge is 0.243 e. The summed E-state index contributed by atoms with van der Waals surface area (Å²) >= 11 is 0. The van der Waals surface area contributed by atoms with Gasteiger partial charge in [0.05, 0.1) is 37.7 Å². The first-order chi connectivity index (χ1) is 16.8. The second kappa shape index (κ2) is 12.3. The molecule has 35 heavy (non-hydrogen) atoms. The Morgan fingerprint density at radius 1 is 0.886 bits per heavy atom. The summed E-state index contributed by atoms with van der Waals surface area (Å²) in [6.45, 7) is 5.44. The highest BCUT2D eigenvalue weighted by Crippen LogP contribution is 2.28. The predicted molar refractivity (Wildman–Crippen MR) is 135 cm³/mol. The van der Waals surface area contributed by atoms with Crippen LogP contribution in [0.4, 0.5) is 22.7 Å². The topological polar surface area (TPSA) is 138 Å². The van der Waals surface area contributed by atoms with E-state index >= 15 is 0 Å². The lowest BCUT2D eigenvalue weighted by molar-refractivity contribution is -0.696. The number of nitrogen functional groups attached to an aromatic ring is 2. The highest BCUT2D eigenvalue weighted by atomic mass is 16.5. The summed E-state index contributed by atoms with van der Waals surface area (Å²) in [5.74, 6) is 0.792. The van der Waals surface area contributed by atoms with Crippen LogP contribution in [0.15, 0.2) is 55.1 Å². The van der Waals surface area contributed by atoms with E-state index in [-0.39, 0.29) is 11.8 Å². The fourth-order valence-electron chi connectivity index (χ4n) is 3.46. The molecule has 3 aromatic rings. The Balaban J connectivity index is 1.41. The Labute approximate surface area is 204 Å². The monoisotopic (exact) mass is 481 g/mol. The molecule has 3 rings (SSSR count). The Morgan fingerprint density at radius 3 is 1.97 bits per heavy atom. The van der Waals surface area contributed by atoms with E-state index in [9.17, 15) is 9.59 Å². The van der Waals surface area contributed by atoms with Crippen molar-refractivity contribution in [3.63, 3.8) is 0 Å². The van der Waals surface area contributed by atoms with E-state index in [2.05, 4.69) is 19.8 Å². The van der Waals surface area contributed by atoms with Crippen LogP contribution in [0.2, 0.25) is 0 Å². The molecule has 0 radical (unpaired) electrons. The number of imidazole rings is 1. The molecule has 0 unspecified atom stereocenters. The number of nitrogens with zero attached hydrogens (tertiary/aromatic N) is 2. The van der Waals surface area contributed by atoms with Crippen molar-refractivity contribution in [3.8, 4) is 11.5 Å². The summed E-state index contributed by atoms with van der Waals surface area (Å²) in [7, 11) is 0. The summed E-state index contributed by atoms with van der Waals surface area (Å²) < 4.78 is 15.9. The molecule has 2 amide bonds. The first-order valence-electron chi connectivity index (χ1n) is 11.4. The third kappa shape index (κ3) is 8.26. The number of hydrogen-bond donors (Lipinski definition) is 4. The molecule has 0 atom stereocenters. The molecule has 0 saturated carbocycles. The third-order valence-electron chi connectivity index (χ3n) is 5.02. The zero-order valence-corrected chi connectivity index (χ0v) is 20.1. The molecule has 0 aliphatic carbocycles. The van der Waals surface area contributed by atoms with Gasteiger partial charge < -0.3 is 31.6 Å². The average Bonchev–Trinajstić information content (AvgIpc) is 3.25. The number of nitrogens with two attached hydrogens (primary N) is 2. The fraction of sp³-hybridized carbons (Fsp3) is 0.320. The van der Waals surface area contributed by atoms with Crippen LogP contribution in [-0.2, 0) is 22.7 Å². The number of carbonyl (C=O) groups is 2. The van der Waals surface area contributed by atoms with E-state index < -0.39 is 0 Å². The lowest BCUT2D eigenvalue weighted by atomic mass is 10.2. The SMILES string of the molecule is CC(=O)Nc1ccc(N)cc1OCCCn1cc[n+](CCCOc2cc(N)ccc2NC(C)=O)c1. The molecule has 0 aliphatic rings. The van der Waals surface area contributed by atoms with Crippen LogP contribution in [0.25, 0.3) is 0 Å². The van der Waals surface area contributed by atoms with Gasteiger partial charge in [0, 0.05) is 50.2 Å². The van der Waals surface area contributed by atoms with Crippen molar-refractivity contribution in [2.75, 3.05) is 35.3 Å². The zero-order valence-electron chi connectivity index (χ0n) is 20.1. The van der Waals surface area contributed by atoms with Gasteiger partial charge in [-0.2, -0.15) is 0 Å². The maximum absolute atomic E-state index is 11.4. The summed E-state index contributed by atoms with van der Waals surface area (Å²) in [4.78, 5) is 22.7. The molecule has 0 saturated heterocycles. The summed E-state index contributed by atoms with van der Waals surface area (Å²) in [6, 6.07) is 10.3. The summed E-state index contributed by atoms with van der Waals surface area (Å²) in [5, 5.41) is 5.50. The Kier molecular flexibility index (Phi) is 8.94. The number of nitrogens with one attached hydrogen (secondary N) is 2. The average molecular weight is 482 g/mol. The second-order valence-electron chi connectivity index (χ2n) is 8.17. The summed E-state index contributed by atoms with van der Waals surface area (Å²) in [6.07, 6.45) is 7.63. The van der Waals surface area contributed by atoms with Gasteiger partial charge in [-0.25, -0.2) is 9.13 Å². The molecule has 0 aliphatic heterocycles. The Morgan fingerprint density at radius 2 is 1.43 bits per heavy atom. The molecule has 2 aromatic carbocycles. The van der Waals surface area contributed by atoms with E-state index in [1.54, 1.807) is 36.4 Å². The first-order valence-corrected chi connectivity index (χ1v) is 11.4. The number of carbonyl (C=O) groups excluding carboxylic acids is 2. The largest absolute Gasteiger partial charge is 0.491 e. The highest BCUT2D eigenvalue weighted by Gasteiger charge is 2.09. The first kappa shape index (κ1) is 25.4. The lowest BCUT2D eigenvalue weighted by Crippen LogP contribution is -2.32. The number of anilines is 4. The number of aromatic nitrogens is 2. The van der Waals surface area contributed by atoms with Crippen LogP contribution < -0.4 is 36.1 Å². The normalized spacial score (nSPS) is 10.6. The minimum atomic E-state index is -0.164. The number of amides is 2. The van der Waals surface area contributed by atoms with Crippen LogP contribution in [0, 0.1) is 0 Å². The molecule has 1 aromatic heterocycles. The molecule has 10 heteroatoms. The van der Waals surface area contributed by atoms with Crippen molar-refractivity contribution < 1.29 is 23.6 Å². The number of rotatable bonds is 12.